The van der Waals surface area contributed by atoms with Gasteiger partial charge in [0.1, 0.15) is 5.75 Å². The van der Waals surface area contributed by atoms with E-state index in [1.807, 2.05) is 23.1 Å². The lowest BCUT2D eigenvalue weighted by atomic mass is 10.2. The number of ether oxygens (including phenoxy) is 1. The van der Waals surface area contributed by atoms with Crippen LogP contribution in [0.25, 0.3) is 0 Å². The fraction of sp³-hybridized carbons (Fsp3) is 0.364. The van der Waals surface area contributed by atoms with Crippen LogP contribution in [0.2, 0.25) is 0 Å². The van der Waals surface area contributed by atoms with E-state index in [1.54, 1.807) is 25.2 Å². The molecule has 0 unspecified atom stereocenters. The van der Waals surface area contributed by atoms with Crippen molar-refractivity contribution in [3.8, 4) is 5.75 Å². The smallest absolute Gasteiger partial charge is 0.387 e. The van der Waals surface area contributed by atoms with Crippen LogP contribution >= 0.6 is 0 Å². The number of rotatable bonds is 8. The first-order valence-corrected chi connectivity index (χ1v) is 9.94. The van der Waals surface area contributed by atoms with Crippen molar-refractivity contribution in [2.75, 3.05) is 25.0 Å². The minimum absolute atomic E-state index is 0.114. The number of nitrogens with one attached hydrogen (secondary N) is 2. The third-order valence-electron chi connectivity index (χ3n) is 4.91. The molecule has 1 aliphatic heterocycles. The number of halogens is 2. The molecule has 0 saturated heterocycles. The number of hydrogen-bond donors (Lipinski definition) is 2. The fourth-order valence-corrected chi connectivity index (χ4v) is 3.44. The molecule has 1 amide bonds. The second kappa shape index (κ2) is 10.6. The quantitative estimate of drug-likeness (QED) is 0.394. The molecule has 2 N–H and O–H groups in total. The summed E-state index contributed by atoms with van der Waals surface area (Å²) in [7, 11) is 1.63. The van der Waals surface area contributed by atoms with Gasteiger partial charge in [-0.2, -0.15) is 8.78 Å². The maximum Gasteiger partial charge on any atom is 0.387 e. The van der Waals surface area contributed by atoms with Crippen LogP contribution in [0.15, 0.2) is 53.5 Å². The van der Waals surface area contributed by atoms with Crippen molar-refractivity contribution in [3.63, 3.8) is 0 Å². The van der Waals surface area contributed by atoms with Crippen LogP contribution in [0.5, 0.6) is 5.75 Å². The van der Waals surface area contributed by atoms with Gasteiger partial charge in [-0.25, -0.2) is 0 Å². The summed E-state index contributed by atoms with van der Waals surface area (Å²) in [5, 5.41) is 6.22. The van der Waals surface area contributed by atoms with E-state index in [9.17, 15) is 13.6 Å². The van der Waals surface area contributed by atoms with Gasteiger partial charge < -0.3 is 20.3 Å². The van der Waals surface area contributed by atoms with Gasteiger partial charge in [-0.1, -0.05) is 36.4 Å². The predicted octanol–water partition coefficient (Wildman–Crippen LogP) is 3.32. The first-order valence-electron chi connectivity index (χ1n) is 9.94. The van der Waals surface area contributed by atoms with E-state index in [2.05, 4.69) is 26.4 Å². The van der Waals surface area contributed by atoms with Crippen molar-refractivity contribution in [1.82, 2.24) is 10.6 Å². The zero-order valence-corrected chi connectivity index (χ0v) is 16.9. The molecule has 0 atom stereocenters. The van der Waals surface area contributed by atoms with Gasteiger partial charge in [-0.05, 0) is 30.5 Å². The lowest BCUT2D eigenvalue weighted by Gasteiger charge is -2.18. The molecule has 0 fully saturated rings. The number of benzene rings is 2. The number of fused-ring (bicyclic) bond motifs is 1. The van der Waals surface area contributed by atoms with Crippen LogP contribution in [-0.4, -0.2) is 38.6 Å². The van der Waals surface area contributed by atoms with E-state index < -0.39 is 6.61 Å². The van der Waals surface area contributed by atoms with E-state index in [4.69, 9.17) is 0 Å². The molecule has 3 rings (SSSR count). The van der Waals surface area contributed by atoms with Gasteiger partial charge in [-0.3, -0.25) is 9.79 Å². The molecule has 2 aromatic carbocycles. The number of amides is 1. The molecule has 30 heavy (non-hydrogen) atoms. The number of carbonyl (C=O) groups is 1. The van der Waals surface area contributed by atoms with E-state index in [0.717, 1.165) is 18.7 Å². The second-order valence-corrected chi connectivity index (χ2v) is 6.87. The Morgan fingerprint density at radius 3 is 2.73 bits per heavy atom. The Hall–Kier alpha value is -3.16. The SMILES string of the molecule is CN=C(NCCCC(=O)N1CCc2ccccc21)NCc1ccccc1OC(F)F. The number of guanidine groups is 1. The molecule has 0 bridgehead atoms. The van der Waals surface area contributed by atoms with Gasteiger partial charge in [-0.15, -0.1) is 0 Å². The van der Waals surface area contributed by atoms with Crippen molar-refractivity contribution >= 4 is 17.6 Å². The van der Waals surface area contributed by atoms with Gasteiger partial charge in [0.15, 0.2) is 5.96 Å². The largest absolute Gasteiger partial charge is 0.434 e. The molecule has 0 saturated carbocycles. The van der Waals surface area contributed by atoms with Crippen LogP contribution < -0.4 is 20.3 Å². The first-order chi connectivity index (χ1) is 14.6. The molecule has 1 aliphatic rings. The fourth-order valence-electron chi connectivity index (χ4n) is 3.44. The predicted molar refractivity (Wildman–Crippen MR) is 113 cm³/mol. The highest BCUT2D eigenvalue weighted by Crippen LogP contribution is 2.28. The second-order valence-electron chi connectivity index (χ2n) is 6.87. The Labute approximate surface area is 174 Å². The molecule has 8 heteroatoms. The van der Waals surface area contributed by atoms with Gasteiger partial charge in [0.25, 0.3) is 0 Å². The Morgan fingerprint density at radius 1 is 1.17 bits per heavy atom. The Bertz CT molecular complexity index is 889. The van der Waals surface area contributed by atoms with E-state index in [-0.39, 0.29) is 18.2 Å². The first kappa shape index (κ1) is 21.5. The van der Waals surface area contributed by atoms with Gasteiger partial charge in [0, 0.05) is 44.4 Å². The minimum Gasteiger partial charge on any atom is -0.434 e. The normalized spacial score (nSPS) is 13.3. The zero-order valence-electron chi connectivity index (χ0n) is 16.9. The summed E-state index contributed by atoms with van der Waals surface area (Å²) < 4.78 is 29.6. The van der Waals surface area contributed by atoms with E-state index in [0.29, 0.717) is 30.9 Å². The molecule has 0 aliphatic carbocycles. The van der Waals surface area contributed by atoms with Crippen LogP contribution in [-0.2, 0) is 17.8 Å². The molecule has 0 spiro atoms. The van der Waals surface area contributed by atoms with Crippen LogP contribution in [0.4, 0.5) is 14.5 Å². The van der Waals surface area contributed by atoms with Crippen molar-refractivity contribution in [2.45, 2.75) is 32.4 Å². The zero-order chi connectivity index (χ0) is 21.3. The number of alkyl halides is 2. The highest BCUT2D eigenvalue weighted by Gasteiger charge is 2.23. The molecular formula is C22H26F2N4O2. The van der Waals surface area contributed by atoms with Crippen LogP contribution in [0.1, 0.15) is 24.0 Å². The summed E-state index contributed by atoms with van der Waals surface area (Å²) in [5.74, 6) is 0.774. The van der Waals surface area contributed by atoms with Gasteiger partial charge >= 0.3 is 6.61 Å². The Morgan fingerprint density at radius 2 is 1.93 bits per heavy atom. The summed E-state index contributed by atoms with van der Waals surface area (Å²) >= 11 is 0. The van der Waals surface area contributed by atoms with Crippen molar-refractivity contribution < 1.29 is 18.3 Å². The Balaban J connectivity index is 1.42. The number of nitrogens with zero attached hydrogens (tertiary/aromatic N) is 2. The van der Waals surface area contributed by atoms with Crippen LogP contribution in [0.3, 0.4) is 0 Å². The highest BCUT2D eigenvalue weighted by atomic mass is 19.3. The summed E-state index contributed by atoms with van der Waals surface area (Å²) in [4.78, 5) is 18.5. The molecule has 0 radical (unpaired) electrons. The monoisotopic (exact) mass is 416 g/mol. The highest BCUT2D eigenvalue weighted by molar-refractivity contribution is 5.95. The van der Waals surface area contributed by atoms with Crippen molar-refractivity contribution in [3.05, 3.63) is 59.7 Å². The topological polar surface area (TPSA) is 66.0 Å². The molecule has 0 aromatic heterocycles. The average Bonchev–Trinajstić information content (AvgIpc) is 3.18. The van der Waals surface area contributed by atoms with Crippen molar-refractivity contribution in [2.24, 2.45) is 4.99 Å². The third-order valence-corrected chi connectivity index (χ3v) is 4.91. The summed E-state index contributed by atoms with van der Waals surface area (Å²) in [5.41, 5.74) is 2.82. The average molecular weight is 416 g/mol. The third kappa shape index (κ3) is 5.68. The maximum atomic E-state index is 12.5. The number of carbonyl (C=O) groups excluding carboxylic acids is 1. The molecule has 2 aromatic rings. The molecular weight excluding hydrogens is 390 g/mol. The Kier molecular flexibility index (Phi) is 7.59. The number of aliphatic imine (C=N–C) groups is 1. The number of hydrogen-bond acceptors (Lipinski definition) is 3. The lowest BCUT2D eigenvalue weighted by Crippen LogP contribution is -2.38. The summed E-state index contributed by atoms with van der Waals surface area (Å²) in [6.07, 6.45) is 1.99. The van der Waals surface area contributed by atoms with E-state index in [1.165, 1.54) is 11.6 Å². The standard InChI is InChI=1S/C22H26F2N4O2/c1-25-22(27-15-17-8-3-5-10-19(17)30-21(23)24)26-13-6-11-20(29)28-14-12-16-7-2-4-9-18(16)28/h2-5,7-10,21H,6,11-15H2,1H3,(H2,25,26,27). The lowest BCUT2D eigenvalue weighted by molar-refractivity contribution is -0.118. The summed E-state index contributed by atoms with van der Waals surface area (Å²) in [6.45, 7) is -1.29. The number of anilines is 1. The van der Waals surface area contributed by atoms with Crippen molar-refractivity contribution in [1.29, 1.82) is 0 Å². The summed E-state index contributed by atoms with van der Waals surface area (Å²) in [6, 6.07) is 14.6. The molecule has 1 heterocycles. The van der Waals surface area contributed by atoms with E-state index >= 15 is 0 Å². The maximum absolute atomic E-state index is 12.5. The van der Waals surface area contributed by atoms with Gasteiger partial charge in [0.05, 0.1) is 0 Å². The minimum atomic E-state index is -2.87. The van der Waals surface area contributed by atoms with Crippen LogP contribution in [0, 0.1) is 0 Å². The molecule has 160 valence electrons. The molecule has 6 nitrogen and oxygen atoms in total. The van der Waals surface area contributed by atoms with Gasteiger partial charge in [0.2, 0.25) is 5.91 Å². The number of para-hydroxylation sites is 2.